The van der Waals surface area contributed by atoms with E-state index in [-0.39, 0.29) is 0 Å². The predicted molar refractivity (Wildman–Crippen MR) is 68.1 cm³/mol. The molecule has 0 amide bonds. The van der Waals surface area contributed by atoms with Crippen LogP contribution in [-0.4, -0.2) is 53.7 Å². The van der Waals surface area contributed by atoms with Gasteiger partial charge in [-0.2, -0.15) is 4.79 Å². The van der Waals surface area contributed by atoms with E-state index in [9.17, 15) is 9.46 Å². The highest BCUT2D eigenvalue weighted by atomic mass is 31.2. The van der Waals surface area contributed by atoms with Gasteiger partial charge in [-0.15, -0.1) is 0 Å². The SMILES string of the molecule is C[N+](C)(C)CC(OP(=O)([O-])O)C1=CCC(=[N+]=[N-])C=C1. The number of phosphoric acid groups is 1. The van der Waals surface area contributed by atoms with Crippen LogP contribution in [0.25, 0.3) is 5.53 Å². The molecule has 2 unspecified atom stereocenters. The van der Waals surface area contributed by atoms with Crippen LogP contribution in [0.1, 0.15) is 6.42 Å². The van der Waals surface area contributed by atoms with Crippen molar-refractivity contribution in [1.82, 2.24) is 0 Å². The number of rotatable bonds is 5. The zero-order valence-electron chi connectivity index (χ0n) is 11.2. The maximum atomic E-state index is 10.9. The number of phosphoric ester groups is 1. The normalized spacial score (nSPS) is 20.5. The van der Waals surface area contributed by atoms with Gasteiger partial charge in [0, 0.05) is 6.08 Å². The molecule has 1 aliphatic rings. The van der Waals surface area contributed by atoms with E-state index in [1.807, 2.05) is 21.1 Å². The van der Waals surface area contributed by atoms with Crippen LogP contribution in [0.4, 0.5) is 0 Å². The van der Waals surface area contributed by atoms with Crippen molar-refractivity contribution in [3.8, 4) is 0 Å². The van der Waals surface area contributed by atoms with E-state index in [0.29, 0.717) is 28.7 Å². The molecule has 0 saturated carbocycles. The van der Waals surface area contributed by atoms with Gasteiger partial charge in [0.2, 0.25) is 0 Å². The zero-order valence-corrected chi connectivity index (χ0v) is 12.1. The quantitative estimate of drug-likeness (QED) is 0.335. The molecule has 7 nitrogen and oxygen atoms in total. The number of hydrogen-bond acceptors (Lipinski definition) is 3. The minimum Gasteiger partial charge on any atom is -0.756 e. The van der Waals surface area contributed by atoms with Crippen molar-refractivity contribution in [2.75, 3.05) is 27.7 Å². The van der Waals surface area contributed by atoms with E-state index in [4.69, 9.17) is 14.9 Å². The van der Waals surface area contributed by atoms with Crippen LogP contribution >= 0.6 is 7.82 Å². The van der Waals surface area contributed by atoms with Crippen LogP contribution in [0.15, 0.2) is 23.8 Å². The molecule has 0 fully saturated rings. The van der Waals surface area contributed by atoms with Gasteiger partial charge in [0.15, 0.2) is 0 Å². The van der Waals surface area contributed by atoms with Gasteiger partial charge in [-0.05, 0) is 11.6 Å². The Morgan fingerprint density at radius 3 is 2.58 bits per heavy atom. The lowest BCUT2D eigenvalue weighted by Gasteiger charge is -2.32. The van der Waals surface area contributed by atoms with E-state index in [2.05, 4.69) is 4.79 Å². The first-order valence-electron chi connectivity index (χ1n) is 5.72. The summed E-state index contributed by atoms with van der Waals surface area (Å²) in [6, 6.07) is 0. The van der Waals surface area contributed by atoms with E-state index >= 15 is 0 Å². The molecule has 1 rings (SSSR count). The topological polar surface area (TPSA) is 106 Å². The molecule has 1 aliphatic carbocycles. The Morgan fingerprint density at radius 2 is 2.21 bits per heavy atom. The number of allylic oxidation sites excluding steroid dienone is 2. The van der Waals surface area contributed by atoms with Crippen molar-refractivity contribution < 1.29 is 28.1 Å². The van der Waals surface area contributed by atoms with Crippen LogP contribution in [0.3, 0.4) is 0 Å². The van der Waals surface area contributed by atoms with E-state index in [0.717, 1.165) is 0 Å². The van der Waals surface area contributed by atoms with Gasteiger partial charge < -0.3 is 24.3 Å². The van der Waals surface area contributed by atoms with Crippen molar-refractivity contribution >= 4 is 13.5 Å². The lowest BCUT2D eigenvalue weighted by molar-refractivity contribution is -0.872. The Hall–Kier alpha value is -1.07. The first kappa shape index (κ1) is 16.0. The number of quaternary nitrogens is 1. The molecule has 0 spiro atoms. The average Bonchev–Trinajstić information content (AvgIpc) is 2.24. The van der Waals surface area contributed by atoms with E-state index in [1.54, 1.807) is 18.2 Å². The van der Waals surface area contributed by atoms with Gasteiger partial charge in [0.1, 0.15) is 12.6 Å². The molecule has 106 valence electrons. The van der Waals surface area contributed by atoms with E-state index in [1.165, 1.54) is 0 Å². The van der Waals surface area contributed by atoms with Crippen LogP contribution in [-0.2, 0) is 9.09 Å². The fourth-order valence-corrected chi connectivity index (χ4v) is 2.23. The number of nitrogens with zero attached hydrogens (tertiary/aromatic N) is 3. The fraction of sp³-hybridized carbons (Fsp3) is 0.545. The highest BCUT2D eigenvalue weighted by Crippen LogP contribution is 2.35. The van der Waals surface area contributed by atoms with Gasteiger partial charge >= 0.3 is 0 Å². The fourth-order valence-electron chi connectivity index (χ4n) is 1.72. The van der Waals surface area contributed by atoms with Crippen LogP contribution in [0.5, 0.6) is 0 Å². The molecule has 0 aromatic rings. The number of hydrogen-bond donors (Lipinski definition) is 1. The van der Waals surface area contributed by atoms with Gasteiger partial charge in [-0.3, -0.25) is 4.57 Å². The lowest BCUT2D eigenvalue weighted by Crippen LogP contribution is -2.43. The molecular formula is C11H18N3O4P. The summed E-state index contributed by atoms with van der Waals surface area (Å²) in [7, 11) is 0.847. The van der Waals surface area contributed by atoms with Crippen LogP contribution < -0.4 is 4.89 Å². The van der Waals surface area contributed by atoms with Crippen LogP contribution in [0.2, 0.25) is 0 Å². The minimum atomic E-state index is -4.81. The molecule has 0 saturated heterocycles. The zero-order chi connectivity index (χ0) is 14.7. The molecule has 0 radical (unpaired) electrons. The third kappa shape index (κ3) is 6.07. The highest BCUT2D eigenvalue weighted by Gasteiger charge is 2.26. The van der Waals surface area contributed by atoms with E-state index < -0.39 is 13.9 Å². The monoisotopic (exact) mass is 287 g/mol. The summed E-state index contributed by atoms with van der Waals surface area (Å²) in [5.74, 6) is 0. The van der Waals surface area contributed by atoms with Gasteiger partial charge in [-0.25, -0.2) is 0 Å². The second-order valence-electron chi connectivity index (χ2n) is 5.37. The molecule has 2 atom stereocenters. The first-order valence-corrected chi connectivity index (χ1v) is 7.22. The van der Waals surface area contributed by atoms with Crippen molar-refractivity contribution in [1.29, 1.82) is 0 Å². The molecule has 0 bridgehead atoms. The average molecular weight is 287 g/mol. The summed E-state index contributed by atoms with van der Waals surface area (Å²) < 4.78 is 16.1. The summed E-state index contributed by atoms with van der Waals surface area (Å²) >= 11 is 0. The Morgan fingerprint density at radius 1 is 1.58 bits per heavy atom. The molecular weight excluding hydrogens is 269 g/mol. The third-order valence-electron chi connectivity index (χ3n) is 2.49. The molecule has 19 heavy (non-hydrogen) atoms. The highest BCUT2D eigenvalue weighted by molar-refractivity contribution is 7.44. The summed E-state index contributed by atoms with van der Waals surface area (Å²) in [5, 5.41) is 0. The molecule has 0 aliphatic heterocycles. The Kier molecular flexibility index (Phi) is 4.98. The second kappa shape index (κ2) is 5.92. The Bertz CT molecular complexity index is 495. The third-order valence-corrected chi connectivity index (χ3v) is 3.01. The first-order chi connectivity index (χ1) is 8.61. The molecule has 1 N–H and O–H groups in total. The van der Waals surface area contributed by atoms with Crippen molar-refractivity contribution in [2.24, 2.45) is 0 Å². The largest absolute Gasteiger partial charge is 0.756 e. The summed E-state index contributed by atoms with van der Waals surface area (Å²) in [5.41, 5.74) is 9.73. The van der Waals surface area contributed by atoms with Crippen LogP contribution in [0, 0.1) is 0 Å². The van der Waals surface area contributed by atoms with Crippen molar-refractivity contribution in [3.05, 3.63) is 29.3 Å². The minimum absolute atomic E-state index is 0.370. The predicted octanol–water partition coefficient (Wildman–Crippen LogP) is 0.0956. The smallest absolute Gasteiger partial charge is 0.295 e. The molecule has 0 aromatic heterocycles. The molecule has 8 heteroatoms. The maximum Gasteiger partial charge on any atom is 0.295 e. The summed E-state index contributed by atoms with van der Waals surface area (Å²) in [6.45, 7) is 0.370. The Balaban J connectivity index is 2.92. The molecule has 0 aromatic carbocycles. The summed E-state index contributed by atoms with van der Waals surface area (Å²) in [4.78, 5) is 22.9. The Labute approximate surface area is 112 Å². The number of likely N-dealkylation sites (N-methyl/N-ethyl adjacent to an activating group) is 1. The summed E-state index contributed by atoms with van der Waals surface area (Å²) in [6.07, 6.45) is 4.52. The van der Waals surface area contributed by atoms with Gasteiger partial charge in [0.05, 0.1) is 27.6 Å². The lowest BCUT2D eigenvalue weighted by atomic mass is 10.0. The maximum absolute atomic E-state index is 10.9. The van der Waals surface area contributed by atoms with Crippen molar-refractivity contribution in [2.45, 2.75) is 12.5 Å². The van der Waals surface area contributed by atoms with Gasteiger partial charge in [0.25, 0.3) is 13.5 Å². The van der Waals surface area contributed by atoms with Crippen molar-refractivity contribution in [3.63, 3.8) is 0 Å². The van der Waals surface area contributed by atoms with Gasteiger partial charge in [-0.1, -0.05) is 6.08 Å². The standard InChI is InChI=1S/C11H18N3O4P/c1-14(2,3)8-11(18-19(15,16)17)9-4-6-10(13-12)7-5-9/h4-6,11H,7-8H2,1-3H3,(H-,15,16,17). The second-order valence-corrected chi connectivity index (χ2v) is 6.52. The molecule has 0 heterocycles.